The Morgan fingerprint density at radius 2 is 1.92 bits per heavy atom. The molecule has 6 rings (SSSR count). The number of H-pyrrole nitrogens is 1. The largest absolute Gasteiger partial charge is 0.497 e. The fraction of sp³-hybridized carbons (Fsp3) is 0.241. The average Bonchev–Trinajstić information content (AvgIpc) is 3.66. The van der Waals surface area contributed by atoms with Crippen molar-refractivity contribution in [3.05, 3.63) is 72.1 Å². The van der Waals surface area contributed by atoms with Gasteiger partial charge in [0.05, 0.1) is 30.6 Å². The van der Waals surface area contributed by atoms with E-state index in [4.69, 9.17) is 23.6 Å². The summed E-state index contributed by atoms with van der Waals surface area (Å²) in [5.74, 6) is 4.17. The summed E-state index contributed by atoms with van der Waals surface area (Å²) >= 11 is 1.74. The monoisotopic (exact) mass is 529 g/mol. The van der Waals surface area contributed by atoms with Crippen molar-refractivity contribution in [1.29, 1.82) is 0 Å². The van der Waals surface area contributed by atoms with E-state index in [1.54, 1.807) is 18.9 Å². The van der Waals surface area contributed by atoms with Crippen LogP contribution in [0.5, 0.6) is 17.2 Å². The van der Waals surface area contributed by atoms with E-state index in [0.29, 0.717) is 22.8 Å². The van der Waals surface area contributed by atoms with E-state index in [1.165, 1.54) is 0 Å². The average molecular weight is 530 g/mol. The number of aromatic amines is 1. The number of benzene rings is 3. The molecule has 1 amide bonds. The highest BCUT2D eigenvalue weighted by atomic mass is 32.2. The minimum absolute atomic E-state index is 0.119. The molecule has 0 saturated carbocycles. The number of rotatable bonds is 9. The molecule has 8 nitrogen and oxygen atoms in total. The Hall–Kier alpha value is -4.11. The predicted molar refractivity (Wildman–Crippen MR) is 148 cm³/mol. The van der Waals surface area contributed by atoms with E-state index < -0.39 is 0 Å². The molecule has 38 heavy (non-hydrogen) atoms. The van der Waals surface area contributed by atoms with Crippen molar-refractivity contribution < 1.29 is 23.4 Å². The lowest BCUT2D eigenvalue weighted by molar-refractivity contribution is -0.121. The summed E-state index contributed by atoms with van der Waals surface area (Å²) in [4.78, 5) is 21.7. The maximum Gasteiger partial charge on any atom is 0.231 e. The van der Waals surface area contributed by atoms with Gasteiger partial charge in [0.25, 0.3) is 0 Å². The molecule has 0 fully saturated rings. The van der Waals surface area contributed by atoms with E-state index >= 15 is 0 Å². The van der Waals surface area contributed by atoms with Gasteiger partial charge >= 0.3 is 0 Å². The number of nitrogens with one attached hydrogen (secondary N) is 2. The normalized spacial score (nSPS) is 13.2. The number of aromatic nitrogens is 2. The number of carbonyl (C=O) groups is 1. The van der Waals surface area contributed by atoms with E-state index in [2.05, 4.69) is 16.6 Å². The Balaban J connectivity index is 1.34. The van der Waals surface area contributed by atoms with Crippen LogP contribution in [-0.2, 0) is 11.2 Å². The highest BCUT2D eigenvalue weighted by molar-refractivity contribution is 7.98. The van der Waals surface area contributed by atoms with Crippen LogP contribution in [0, 0.1) is 0 Å². The molecule has 0 bridgehead atoms. The SMILES string of the molecule is COc1ccc(-c2oc3cc4c(cc3c2CC(=O)N[C@@H](CCSC)c2nc3ccccc3[nH]2)OCO4)cc1. The second kappa shape index (κ2) is 10.3. The summed E-state index contributed by atoms with van der Waals surface area (Å²) in [7, 11) is 1.63. The Morgan fingerprint density at radius 1 is 1.13 bits per heavy atom. The number of imidazole rings is 1. The first-order valence-corrected chi connectivity index (χ1v) is 13.7. The van der Waals surface area contributed by atoms with E-state index in [1.807, 2.05) is 60.7 Å². The lowest BCUT2D eigenvalue weighted by Gasteiger charge is -2.16. The van der Waals surface area contributed by atoms with Crippen LogP contribution in [-0.4, -0.2) is 41.8 Å². The molecule has 0 saturated heterocycles. The maximum atomic E-state index is 13.6. The number of methoxy groups -OCH3 is 1. The Kier molecular flexibility index (Phi) is 6.59. The number of thioether (sulfide) groups is 1. The van der Waals surface area contributed by atoms with Gasteiger partial charge in [-0.1, -0.05) is 12.1 Å². The van der Waals surface area contributed by atoms with Crippen LogP contribution in [0.3, 0.4) is 0 Å². The van der Waals surface area contributed by atoms with Gasteiger partial charge in [0.15, 0.2) is 11.5 Å². The van der Waals surface area contributed by atoms with E-state index in [0.717, 1.165) is 51.3 Å². The fourth-order valence-corrected chi connectivity index (χ4v) is 5.22. The summed E-state index contributed by atoms with van der Waals surface area (Å²) in [6.45, 7) is 0.164. The minimum Gasteiger partial charge on any atom is -0.497 e. The van der Waals surface area contributed by atoms with Crippen molar-refractivity contribution in [3.63, 3.8) is 0 Å². The number of nitrogens with zero attached hydrogens (tertiary/aromatic N) is 1. The second-order valence-electron chi connectivity index (χ2n) is 9.06. The van der Waals surface area contributed by atoms with Gasteiger partial charge in [0.1, 0.15) is 22.9 Å². The molecule has 3 aromatic carbocycles. The topological polar surface area (TPSA) is 98.6 Å². The van der Waals surface area contributed by atoms with Gasteiger partial charge in [-0.15, -0.1) is 0 Å². The first kappa shape index (κ1) is 24.2. The van der Waals surface area contributed by atoms with Gasteiger partial charge in [-0.25, -0.2) is 4.98 Å². The third kappa shape index (κ3) is 4.65. The molecular weight excluding hydrogens is 502 g/mol. The third-order valence-corrected chi connectivity index (χ3v) is 7.30. The van der Waals surface area contributed by atoms with Crippen LogP contribution < -0.4 is 19.5 Å². The van der Waals surface area contributed by atoms with Crippen LogP contribution in [0.2, 0.25) is 0 Å². The first-order valence-electron chi connectivity index (χ1n) is 12.4. The molecule has 2 N–H and O–H groups in total. The summed E-state index contributed by atoms with van der Waals surface area (Å²) in [6, 6.07) is 18.9. The summed E-state index contributed by atoms with van der Waals surface area (Å²) in [5.41, 5.74) is 4.10. The Bertz CT molecular complexity index is 1580. The quantitative estimate of drug-likeness (QED) is 0.247. The molecule has 0 aliphatic carbocycles. The zero-order valence-electron chi connectivity index (χ0n) is 21.1. The van der Waals surface area contributed by atoms with Gasteiger partial charge in [-0.05, 0) is 60.9 Å². The molecule has 1 atom stereocenters. The van der Waals surface area contributed by atoms with Gasteiger partial charge in [0.2, 0.25) is 12.7 Å². The summed E-state index contributed by atoms with van der Waals surface area (Å²) < 4.78 is 22.8. The second-order valence-corrected chi connectivity index (χ2v) is 10.0. The van der Waals surface area contributed by atoms with Crippen molar-refractivity contribution >= 4 is 39.7 Å². The molecule has 0 radical (unpaired) electrons. The lowest BCUT2D eigenvalue weighted by atomic mass is 10.0. The molecule has 194 valence electrons. The number of carbonyl (C=O) groups excluding carboxylic acids is 1. The minimum atomic E-state index is -0.245. The van der Waals surface area contributed by atoms with E-state index in [-0.39, 0.29) is 25.2 Å². The molecule has 9 heteroatoms. The molecule has 1 aliphatic rings. The lowest BCUT2D eigenvalue weighted by Crippen LogP contribution is -2.31. The fourth-order valence-electron chi connectivity index (χ4n) is 4.74. The highest BCUT2D eigenvalue weighted by Gasteiger charge is 2.25. The molecule has 2 aromatic heterocycles. The number of amides is 1. The molecule has 0 spiro atoms. The van der Waals surface area contributed by atoms with Crippen LogP contribution in [0.4, 0.5) is 0 Å². The van der Waals surface area contributed by atoms with Crippen LogP contribution in [0.25, 0.3) is 33.3 Å². The van der Waals surface area contributed by atoms with Crippen molar-refractivity contribution in [3.8, 4) is 28.6 Å². The molecule has 0 unspecified atom stereocenters. The molecular formula is C29H27N3O5S. The third-order valence-electron chi connectivity index (χ3n) is 6.66. The van der Waals surface area contributed by atoms with Crippen molar-refractivity contribution in [1.82, 2.24) is 15.3 Å². The zero-order chi connectivity index (χ0) is 26.1. The molecule has 3 heterocycles. The van der Waals surface area contributed by atoms with E-state index in [9.17, 15) is 4.79 Å². The molecule has 5 aromatic rings. The Morgan fingerprint density at radius 3 is 2.68 bits per heavy atom. The standard InChI is InChI=1S/C29H27N3O5S/c1-34-18-9-7-17(8-10-18)28-20(19-13-25-26(36-16-35-25)15-24(19)37-28)14-27(33)30-23(11-12-38-2)29-31-21-5-3-4-6-22(21)32-29/h3-10,13,15,23H,11-12,14,16H2,1-2H3,(H,30,33)(H,31,32)/t23-/m0/s1. The summed E-state index contributed by atoms with van der Waals surface area (Å²) in [6.07, 6.45) is 2.94. The van der Waals surface area contributed by atoms with Gasteiger partial charge in [-0.3, -0.25) is 4.79 Å². The smallest absolute Gasteiger partial charge is 0.231 e. The van der Waals surface area contributed by atoms with Crippen molar-refractivity contribution in [2.45, 2.75) is 18.9 Å². The van der Waals surface area contributed by atoms with Gasteiger partial charge in [0, 0.05) is 22.6 Å². The first-order chi connectivity index (χ1) is 18.6. The van der Waals surface area contributed by atoms with Crippen LogP contribution in [0.1, 0.15) is 23.9 Å². The maximum absolute atomic E-state index is 13.6. The van der Waals surface area contributed by atoms with Gasteiger partial charge in [-0.2, -0.15) is 11.8 Å². The highest BCUT2D eigenvalue weighted by Crippen LogP contribution is 2.42. The van der Waals surface area contributed by atoms with Crippen molar-refractivity contribution in [2.24, 2.45) is 0 Å². The predicted octanol–water partition coefficient (Wildman–Crippen LogP) is 5.87. The number of fused-ring (bicyclic) bond motifs is 3. The summed E-state index contributed by atoms with van der Waals surface area (Å²) in [5, 5.41) is 4.04. The number of hydrogen-bond acceptors (Lipinski definition) is 7. The number of hydrogen-bond donors (Lipinski definition) is 2. The van der Waals surface area contributed by atoms with Crippen LogP contribution in [0.15, 0.2) is 65.1 Å². The molecule has 1 aliphatic heterocycles. The Labute approximate surface area is 223 Å². The zero-order valence-corrected chi connectivity index (χ0v) is 21.9. The number of ether oxygens (including phenoxy) is 3. The van der Waals surface area contributed by atoms with Gasteiger partial charge < -0.3 is 28.9 Å². The van der Waals surface area contributed by atoms with Crippen molar-refractivity contribution in [2.75, 3.05) is 25.9 Å². The van der Waals surface area contributed by atoms with Crippen LogP contribution >= 0.6 is 11.8 Å². The number of para-hydroxylation sites is 2. The number of furan rings is 1.